The summed E-state index contributed by atoms with van der Waals surface area (Å²) in [5.74, 6) is 0. The van der Waals surface area contributed by atoms with Crippen molar-refractivity contribution in [1.29, 1.82) is 0 Å². The fourth-order valence-corrected chi connectivity index (χ4v) is 1.72. The van der Waals surface area contributed by atoms with E-state index in [0.29, 0.717) is 11.3 Å². The van der Waals surface area contributed by atoms with Crippen LogP contribution in [0.5, 0.6) is 0 Å². The molecule has 0 unspecified atom stereocenters. The Hall–Kier alpha value is -1.83. The van der Waals surface area contributed by atoms with Gasteiger partial charge < -0.3 is 5.32 Å². The third-order valence-corrected chi connectivity index (χ3v) is 2.46. The van der Waals surface area contributed by atoms with Gasteiger partial charge in [-0.2, -0.15) is 13.2 Å². The van der Waals surface area contributed by atoms with Gasteiger partial charge in [0.2, 0.25) is 0 Å². The second-order valence-corrected chi connectivity index (χ2v) is 4.14. The quantitative estimate of drug-likeness (QED) is 0.664. The summed E-state index contributed by atoms with van der Waals surface area (Å²) in [6.45, 7) is -1.10. The summed E-state index contributed by atoms with van der Waals surface area (Å²) >= 11 is 0. The van der Waals surface area contributed by atoms with Crippen molar-refractivity contribution in [1.82, 2.24) is 4.90 Å². The molecule has 0 saturated carbocycles. The number of hydrogen-bond donors (Lipinski definition) is 1. The minimum Gasteiger partial charge on any atom is -0.388 e. The van der Waals surface area contributed by atoms with Crippen LogP contribution in [-0.2, 0) is 6.54 Å². The number of nitro benzene ring substituents is 1. The Morgan fingerprint density at radius 3 is 2.53 bits per heavy atom. The number of halogens is 3. The van der Waals surface area contributed by atoms with Crippen LogP contribution in [0.25, 0.3) is 0 Å². The fourth-order valence-electron chi connectivity index (χ4n) is 1.72. The van der Waals surface area contributed by atoms with Crippen molar-refractivity contribution in [2.24, 2.45) is 0 Å². The summed E-state index contributed by atoms with van der Waals surface area (Å²) in [7, 11) is 2.92. The van der Waals surface area contributed by atoms with E-state index in [9.17, 15) is 23.3 Å². The zero-order chi connectivity index (χ0) is 14.6. The monoisotopic (exact) mass is 277 g/mol. The van der Waals surface area contributed by atoms with Crippen molar-refractivity contribution in [3.8, 4) is 0 Å². The lowest BCUT2D eigenvalue weighted by atomic mass is 10.1. The molecule has 0 aromatic heterocycles. The molecule has 1 N–H and O–H groups in total. The molecule has 1 rings (SSSR count). The highest BCUT2D eigenvalue weighted by atomic mass is 19.4. The van der Waals surface area contributed by atoms with Crippen LogP contribution in [0.1, 0.15) is 5.56 Å². The lowest BCUT2D eigenvalue weighted by Gasteiger charge is -2.20. The highest BCUT2D eigenvalue weighted by molar-refractivity contribution is 5.55. The Kier molecular flexibility index (Phi) is 4.71. The van der Waals surface area contributed by atoms with Crippen LogP contribution in [0.15, 0.2) is 18.2 Å². The molecular weight excluding hydrogens is 263 g/mol. The molecule has 0 aliphatic heterocycles. The van der Waals surface area contributed by atoms with Crippen LogP contribution in [0, 0.1) is 10.1 Å². The first kappa shape index (κ1) is 15.2. The van der Waals surface area contributed by atoms with E-state index in [-0.39, 0.29) is 12.2 Å². The summed E-state index contributed by atoms with van der Waals surface area (Å²) in [6, 6.07) is 4.06. The summed E-state index contributed by atoms with van der Waals surface area (Å²) in [5.41, 5.74) is 0.873. The van der Waals surface area contributed by atoms with E-state index in [0.717, 1.165) is 4.90 Å². The minimum atomic E-state index is -4.30. The Labute approximate surface area is 108 Å². The van der Waals surface area contributed by atoms with Crippen LogP contribution in [0.3, 0.4) is 0 Å². The number of alkyl halides is 3. The average molecular weight is 277 g/mol. The van der Waals surface area contributed by atoms with Crippen LogP contribution >= 0.6 is 0 Å². The number of nitrogens with zero attached hydrogens (tertiary/aromatic N) is 2. The van der Waals surface area contributed by atoms with E-state index < -0.39 is 17.6 Å². The van der Waals surface area contributed by atoms with Gasteiger partial charge >= 0.3 is 6.18 Å². The van der Waals surface area contributed by atoms with Crippen molar-refractivity contribution < 1.29 is 18.1 Å². The maximum atomic E-state index is 12.2. The number of hydrogen-bond acceptors (Lipinski definition) is 4. The van der Waals surface area contributed by atoms with Crippen LogP contribution in [-0.4, -0.2) is 36.6 Å². The molecule has 0 saturated heterocycles. The van der Waals surface area contributed by atoms with E-state index >= 15 is 0 Å². The second-order valence-electron chi connectivity index (χ2n) is 4.14. The normalized spacial score (nSPS) is 11.7. The molecule has 0 aliphatic carbocycles. The molecule has 1 aromatic rings. The number of nitro groups is 1. The molecule has 0 spiro atoms. The molecule has 5 nitrogen and oxygen atoms in total. The highest BCUT2D eigenvalue weighted by Gasteiger charge is 2.29. The van der Waals surface area contributed by atoms with Crippen LogP contribution < -0.4 is 5.32 Å². The van der Waals surface area contributed by atoms with E-state index in [1.807, 2.05) is 0 Å². The lowest BCUT2D eigenvalue weighted by Crippen LogP contribution is -2.30. The highest BCUT2D eigenvalue weighted by Crippen LogP contribution is 2.24. The van der Waals surface area contributed by atoms with Gasteiger partial charge in [0.05, 0.1) is 11.5 Å². The van der Waals surface area contributed by atoms with Crippen LogP contribution in [0.4, 0.5) is 24.5 Å². The molecule has 0 amide bonds. The largest absolute Gasteiger partial charge is 0.401 e. The van der Waals surface area contributed by atoms with Gasteiger partial charge in [0.1, 0.15) is 0 Å². The standard InChI is InChI=1S/C11H14F3N3O2/c1-15-10-4-3-9(17(18)19)5-8(10)6-16(2)7-11(12,13)14/h3-5,15H,6-7H2,1-2H3. The molecule has 0 bridgehead atoms. The molecule has 0 atom stereocenters. The number of rotatable bonds is 5. The number of nitrogens with one attached hydrogen (secondary N) is 1. The van der Waals surface area contributed by atoms with Gasteiger partial charge in [0.25, 0.3) is 5.69 Å². The fraction of sp³-hybridized carbons (Fsp3) is 0.455. The molecular formula is C11H14F3N3O2. The van der Waals surface area contributed by atoms with E-state index in [4.69, 9.17) is 0 Å². The predicted molar refractivity (Wildman–Crippen MR) is 65.0 cm³/mol. The summed E-state index contributed by atoms with van der Waals surface area (Å²) < 4.78 is 36.7. The van der Waals surface area contributed by atoms with Gasteiger partial charge in [0.15, 0.2) is 0 Å². The molecule has 1 aromatic carbocycles. The van der Waals surface area contributed by atoms with Gasteiger partial charge in [-0.25, -0.2) is 0 Å². The molecule has 0 aliphatic rings. The predicted octanol–water partition coefficient (Wildman–Crippen LogP) is 2.63. The first-order valence-electron chi connectivity index (χ1n) is 5.43. The molecule has 19 heavy (non-hydrogen) atoms. The van der Waals surface area contributed by atoms with Crippen molar-refractivity contribution in [3.05, 3.63) is 33.9 Å². The molecule has 0 fully saturated rings. The topological polar surface area (TPSA) is 58.4 Å². The van der Waals surface area contributed by atoms with E-state index in [1.165, 1.54) is 25.2 Å². The van der Waals surface area contributed by atoms with Crippen molar-refractivity contribution in [2.45, 2.75) is 12.7 Å². The van der Waals surface area contributed by atoms with Crippen molar-refractivity contribution in [2.75, 3.05) is 26.0 Å². The maximum absolute atomic E-state index is 12.2. The van der Waals surface area contributed by atoms with Gasteiger partial charge in [-0.3, -0.25) is 15.0 Å². The van der Waals surface area contributed by atoms with Gasteiger partial charge in [-0.15, -0.1) is 0 Å². The molecule has 106 valence electrons. The SMILES string of the molecule is CNc1ccc([N+](=O)[O-])cc1CN(C)CC(F)(F)F. The second kappa shape index (κ2) is 5.87. The first-order chi connectivity index (χ1) is 8.73. The van der Waals surface area contributed by atoms with Gasteiger partial charge in [-0.05, 0) is 18.7 Å². The first-order valence-corrected chi connectivity index (χ1v) is 5.43. The van der Waals surface area contributed by atoms with Gasteiger partial charge in [0, 0.05) is 31.4 Å². The summed E-state index contributed by atoms with van der Waals surface area (Å²) in [5, 5.41) is 13.5. The molecule has 0 heterocycles. The number of benzene rings is 1. The van der Waals surface area contributed by atoms with Crippen LogP contribution in [0.2, 0.25) is 0 Å². The average Bonchev–Trinajstić information content (AvgIpc) is 2.26. The summed E-state index contributed by atoms with van der Waals surface area (Å²) in [6.07, 6.45) is -4.30. The van der Waals surface area contributed by atoms with E-state index in [1.54, 1.807) is 7.05 Å². The Morgan fingerprint density at radius 1 is 1.42 bits per heavy atom. The minimum absolute atomic E-state index is 0.0304. The Balaban J connectivity index is 2.91. The molecule has 8 heteroatoms. The molecule has 0 radical (unpaired) electrons. The summed E-state index contributed by atoms with van der Waals surface area (Å²) in [4.78, 5) is 11.1. The van der Waals surface area contributed by atoms with Crippen molar-refractivity contribution >= 4 is 11.4 Å². The van der Waals surface area contributed by atoms with Crippen molar-refractivity contribution in [3.63, 3.8) is 0 Å². The Bertz CT molecular complexity index is 463. The zero-order valence-electron chi connectivity index (χ0n) is 10.5. The third-order valence-electron chi connectivity index (χ3n) is 2.46. The number of anilines is 1. The lowest BCUT2D eigenvalue weighted by molar-refractivity contribution is -0.384. The maximum Gasteiger partial charge on any atom is 0.401 e. The van der Waals surface area contributed by atoms with E-state index in [2.05, 4.69) is 5.32 Å². The number of non-ortho nitro benzene ring substituents is 1. The van der Waals surface area contributed by atoms with Gasteiger partial charge in [-0.1, -0.05) is 0 Å². The zero-order valence-corrected chi connectivity index (χ0v) is 10.5. The Morgan fingerprint density at radius 2 is 2.05 bits per heavy atom. The third kappa shape index (κ3) is 4.74. The smallest absolute Gasteiger partial charge is 0.388 e.